The first-order valence-corrected chi connectivity index (χ1v) is 12.2. The van der Waals surface area contributed by atoms with Crippen molar-refractivity contribution in [1.82, 2.24) is 30.8 Å². The van der Waals surface area contributed by atoms with Crippen molar-refractivity contribution in [2.24, 2.45) is 0 Å². The summed E-state index contributed by atoms with van der Waals surface area (Å²) in [5, 5.41) is 17.9. The number of carbonyl (C=O) groups excluding carboxylic acids is 2. The third kappa shape index (κ3) is 8.11. The highest BCUT2D eigenvalue weighted by Gasteiger charge is 2.35. The predicted molar refractivity (Wildman–Crippen MR) is 139 cm³/mol. The van der Waals surface area contributed by atoms with E-state index in [1.54, 1.807) is 39.3 Å². The SMILES string of the molecule is CC(c1ccccc1)n1nnnc1[C@@H](COCc1ccccc1)NC(=O)C(C)(C)NC(=O)OC(C)(C)C. The van der Waals surface area contributed by atoms with Gasteiger partial charge in [0.15, 0.2) is 5.82 Å². The minimum atomic E-state index is -1.27. The third-order valence-electron chi connectivity index (χ3n) is 5.56. The summed E-state index contributed by atoms with van der Waals surface area (Å²) < 4.78 is 13.0. The molecule has 0 saturated heterocycles. The van der Waals surface area contributed by atoms with Crippen molar-refractivity contribution in [3.63, 3.8) is 0 Å². The van der Waals surface area contributed by atoms with E-state index in [2.05, 4.69) is 26.2 Å². The topological polar surface area (TPSA) is 120 Å². The maximum Gasteiger partial charge on any atom is 0.408 e. The minimum absolute atomic E-state index is 0.116. The molecule has 10 nitrogen and oxygen atoms in total. The normalized spacial score (nSPS) is 13.5. The van der Waals surface area contributed by atoms with Crippen LogP contribution in [0.25, 0.3) is 0 Å². The Kier molecular flexibility index (Phi) is 8.99. The molecule has 2 aromatic carbocycles. The molecule has 3 rings (SSSR count). The van der Waals surface area contributed by atoms with Crippen LogP contribution in [-0.4, -0.2) is 50.0 Å². The van der Waals surface area contributed by atoms with Gasteiger partial charge in [0.1, 0.15) is 17.2 Å². The van der Waals surface area contributed by atoms with Gasteiger partial charge in [0.25, 0.3) is 0 Å². The molecule has 3 aromatic rings. The van der Waals surface area contributed by atoms with Crippen molar-refractivity contribution in [1.29, 1.82) is 0 Å². The maximum atomic E-state index is 13.3. The molecule has 37 heavy (non-hydrogen) atoms. The molecule has 198 valence electrons. The number of ether oxygens (including phenoxy) is 2. The number of nitrogens with one attached hydrogen (secondary N) is 2. The number of carbonyl (C=O) groups is 2. The van der Waals surface area contributed by atoms with Gasteiger partial charge < -0.3 is 20.1 Å². The van der Waals surface area contributed by atoms with E-state index < -0.39 is 29.2 Å². The average molecular weight is 509 g/mol. The Morgan fingerprint density at radius 3 is 2.22 bits per heavy atom. The summed E-state index contributed by atoms with van der Waals surface area (Å²) in [6.07, 6.45) is -0.688. The zero-order chi connectivity index (χ0) is 27.1. The molecule has 0 fully saturated rings. The van der Waals surface area contributed by atoms with Gasteiger partial charge in [-0.25, -0.2) is 9.48 Å². The molecule has 0 aliphatic carbocycles. The Hall–Kier alpha value is -3.79. The molecule has 10 heteroatoms. The molecular weight excluding hydrogens is 472 g/mol. The van der Waals surface area contributed by atoms with Gasteiger partial charge in [-0.05, 0) is 63.1 Å². The molecule has 2 atom stereocenters. The van der Waals surface area contributed by atoms with E-state index in [0.29, 0.717) is 12.4 Å². The second-order valence-electron chi connectivity index (χ2n) is 10.3. The number of rotatable bonds is 10. The number of amides is 2. The van der Waals surface area contributed by atoms with Crippen molar-refractivity contribution < 1.29 is 19.1 Å². The monoisotopic (exact) mass is 508 g/mol. The molecule has 0 bridgehead atoms. The van der Waals surface area contributed by atoms with E-state index in [9.17, 15) is 9.59 Å². The minimum Gasteiger partial charge on any atom is -0.444 e. The zero-order valence-corrected chi connectivity index (χ0v) is 22.3. The van der Waals surface area contributed by atoms with Gasteiger partial charge >= 0.3 is 6.09 Å². The number of nitrogens with zero attached hydrogens (tertiary/aromatic N) is 4. The summed E-state index contributed by atoms with van der Waals surface area (Å²) in [7, 11) is 0. The average Bonchev–Trinajstić information content (AvgIpc) is 3.32. The summed E-state index contributed by atoms with van der Waals surface area (Å²) in [5.41, 5.74) is 0.0405. The van der Waals surface area contributed by atoms with Gasteiger partial charge in [0.05, 0.1) is 19.3 Å². The molecule has 2 N–H and O–H groups in total. The second-order valence-corrected chi connectivity index (χ2v) is 10.3. The lowest BCUT2D eigenvalue weighted by molar-refractivity contribution is -0.127. The molecule has 0 radical (unpaired) electrons. The predicted octanol–water partition coefficient (Wildman–Crippen LogP) is 3.96. The first-order valence-electron chi connectivity index (χ1n) is 12.2. The van der Waals surface area contributed by atoms with Crippen LogP contribution in [0, 0.1) is 0 Å². The van der Waals surface area contributed by atoms with Crippen LogP contribution in [0.5, 0.6) is 0 Å². The van der Waals surface area contributed by atoms with Crippen molar-refractivity contribution in [3.8, 4) is 0 Å². The quantitative estimate of drug-likeness (QED) is 0.425. The van der Waals surface area contributed by atoms with Crippen LogP contribution in [-0.2, 0) is 20.9 Å². The molecule has 0 aliphatic rings. The smallest absolute Gasteiger partial charge is 0.408 e. The van der Waals surface area contributed by atoms with Crippen LogP contribution in [0.1, 0.15) is 70.6 Å². The van der Waals surface area contributed by atoms with Crippen LogP contribution < -0.4 is 10.6 Å². The van der Waals surface area contributed by atoms with E-state index in [4.69, 9.17) is 9.47 Å². The van der Waals surface area contributed by atoms with E-state index >= 15 is 0 Å². The van der Waals surface area contributed by atoms with Crippen molar-refractivity contribution >= 4 is 12.0 Å². The number of alkyl carbamates (subject to hydrolysis) is 1. The van der Waals surface area contributed by atoms with Gasteiger partial charge in [0.2, 0.25) is 5.91 Å². The lowest BCUT2D eigenvalue weighted by Gasteiger charge is -2.29. The standard InChI is InChI=1S/C27H36N6O4/c1-19(21-15-11-8-12-16-21)33-23(30-31-32-33)22(18-36-17-20-13-9-7-10-14-20)28-24(34)27(5,6)29-25(35)37-26(2,3)4/h7-16,19,22H,17-18H2,1-6H3,(H,28,34)(H,29,35)/t19?,22-/m1/s1. The largest absolute Gasteiger partial charge is 0.444 e. The van der Waals surface area contributed by atoms with Gasteiger partial charge in [-0.2, -0.15) is 0 Å². The van der Waals surface area contributed by atoms with Gasteiger partial charge in [-0.15, -0.1) is 5.10 Å². The molecular formula is C27H36N6O4. The van der Waals surface area contributed by atoms with Gasteiger partial charge in [-0.1, -0.05) is 60.7 Å². The number of tetrazole rings is 1. The fourth-order valence-corrected chi connectivity index (χ4v) is 3.58. The number of aromatic nitrogens is 4. The molecule has 0 aliphatic heterocycles. The number of benzene rings is 2. The second kappa shape index (κ2) is 12.0. The fourth-order valence-electron chi connectivity index (χ4n) is 3.58. The number of hydrogen-bond donors (Lipinski definition) is 2. The summed E-state index contributed by atoms with van der Waals surface area (Å²) in [6, 6.07) is 18.7. The van der Waals surface area contributed by atoms with Crippen LogP contribution in [0.4, 0.5) is 4.79 Å². The Bertz CT molecular complexity index is 1160. The first kappa shape index (κ1) is 27.8. The summed E-state index contributed by atoms with van der Waals surface area (Å²) >= 11 is 0. The van der Waals surface area contributed by atoms with Crippen LogP contribution in [0.2, 0.25) is 0 Å². The Balaban J connectivity index is 1.80. The third-order valence-corrected chi connectivity index (χ3v) is 5.56. The highest BCUT2D eigenvalue weighted by Crippen LogP contribution is 2.22. The van der Waals surface area contributed by atoms with Crippen LogP contribution in [0.3, 0.4) is 0 Å². The summed E-state index contributed by atoms with van der Waals surface area (Å²) in [5.74, 6) is -0.000540. The van der Waals surface area contributed by atoms with Crippen molar-refractivity contribution in [2.45, 2.75) is 71.4 Å². The number of hydrogen-bond acceptors (Lipinski definition) is 7. The molecule has 2 amide bonds. The molecule has 1 unspecified atom stereocenters. The Labute approximate surface area is 217 Å². The van der Waals surface area contributed by atoms with Gasteiger partial charge in [0, 0.05) is 0 Å². The maximum absolute atomic E-state index is 13.3. The highest BCUT2D eigenvalue weighted by atomic mass is 16.6. The summed E-state index contributed by atoms with van der Waals surface area (Å²) in [4.78, 5) is 25.7. The molecule has 0 spiro atoms. The molecule has 0 saturated carbocycles. The van der Waals surface area contributed by atoms with E-state index in [1.165, 1.54) is 0 Å². The van der Waals surface area contributed by atoms with Crippen LogP contribution in [0.15, 0.2) is 60.7 Å². The van der Waals surface area contributed by atoms with Crippen molar-refractivity contribution in [3.05, 3.63) is 77.6 Å². The summed E-state index contributed by atoms with van der Waals surface area (Å²) in [6.45, 7) is 10.9. The van der Waals surface area contributed by atoms with E-state index in [-0.39, 0.29) is 12.6 Å². The lowest BCUT2D eigenvalue weighted by Crippen LogP contribution is -2.56. The lowest BCUT2D eigenvalue weighted by atomic mass is 10.0. The fraction of sp³-hybridized carbons (Fsp3) is 0.444. The van der Waals surface area contributed by atoms with E-state index in [0.717, 1.165) is 11.1 Å². The van der Waals surface area contributed by atoms with Crippen LogP contribution >= 0.6 is 0 Å². The molecule has 1 aromatic heterocycles. The molecule has 1 heterocycles. The highest BCUT2D eigenvalue weighted by molar-refractivity contribution is 5.89. The van der Waals surface area contributed by atoms with Crippen molar-refractivity contribution in [2.75, 3.05) is 6.61 Å². The van der Waals surface area contributed by atoms with Gasteiger partial charge in [-0.3, -0.25) is 4.79 Å². The Morgan fingerprint density at radius 2 is 1.59 bits per heavy atom. The van der Waals surface area contributed by atoms with E-state index in [1.807, 2.05) is 67.6 Å². The first-order chi connectivity index (χ1) is 17.5. The zero-order valence-electron chi connectivity index (χ0n) is 22.3. The Morgan fingerprint density at radius 1 is 0.973 bits per heavy atom.